The number of ether oxygens (including phenoxy) is 1. The summed E-state index contributed by atoms with van der Waals surface area (Å²) in [4.78, 5) is 13.5. The number of alkyl carbamates (subject to hydrolysis) is 1. The van der Waals surface area contributed by atoms with Crippen LogP contribution in [0.25, 0.3) is 0 Å². The van der Waals surface area contributed by atoms with E-state index < -0.39 is 17.7 Å². The van der Waals surface area contributed by atoms with E-state index in [1.165, 1.54) is 0 Å². The van der Waals surface area contributed by atoms with Gasteiger partial charge < -0.3 is 19.4 Å². The Morgan fingerprint density at radius 1 is 1.42 bits per heavy atom. The molecule has 19 heavy (non-hydrogen) atoms. The molecule has 1 N–H and O–H groups in total. The molecule has 0 radical (unpaired) electrons. The third-order valence-corrected chi connectivity index (χ3v) is 2.04. The molecule has 1 amide bonds. The average Bonchev–Trinajstić information content (AvgIpc) is 2.61. The van der Waals surface area contributed by atoms with Gasteiger partial charge in [0.2, 0.25) is 11.8 Å². The molecule has 0 fully saturated rings. The van der Waals surface area contributed by atoms with Crippen LogP contribution in [0, 0.1) is 0 Å². The zero-order chi connectivity index (χ0) is 14.6. The molecule has 0 unspecified atom stereocenters. The minimum absolute atomic E-state index is 0.364. The normalized spacial score (nSPS) is 13.4. The molecule has 108 valence electrons. The smallest absolute Gasteiger partial charge is 0.408 e. The number of rotatable bonds is 4. The van der Waals surface area contributed by atoms with E-state index in [1.807, 2.05) is 19.0 Å². The van der Waals surface area contributed by atoms with Crippen molar-refractivity contribution in [2.45, 2.75) is 45.9 Å². The van der Waals surface area contributed by atoms with Crippen LogP contribution in [0.3, 0.4) is 0 Å². The van der Waals surface area contributed by atoms with Gasteiger partial charge in [-0.2, -0.15) is 0 Å². The maximum Gasteiger partial charge on any atom is 0.408 e. The van der Waals surface area contributed by atoms with Crippen LogP contribution in [0.2, 0.25) is 0 Å². The third-order valence-electron chi connectivity index (χ3n) is 2.04. The maximum absolute atomic E-state index is 11.6. The molecule has 7 nitrogen and oxygen atoms in total. The Labute approximate surface area is 113 Å². The van der Waals surface area contributed by atoms with Gasteiger partial charge in [0.05, 0.1) is 6.54 Å². The molecule has 0 aliphatic heterocycles. The summed E-state index contributed by atoms with van der Waals surface area (Å²) in [6.45, 7) is 7.74. The Morgan fingerprint density at radius 2 is 2.05 bits per heavy atom. The second-order valence-corrected chi connectivity index (χ2v) is 5.64. The molecule has 1 rings (SSSR count). The van der Waals surface area contributed by atoms with Gasteiger partial charge in [0.1, 0.15) is 11.6 Å². The average molecular weight is 270 g/mol. The first-order valence-electron chi connectivity index (χ1n) is 6.14. The molecule has 0 spiro atoms. The van der Waals surface area contributed by atoms with Crippen LogP contribution in [-0.4, -0.2) is 40.9 Å². The molecule has 0 aliphatic carbocycles. The number of carbonyl (C=O) groups excluding carboxylic acids is 1. The zero-order valence-electron chi connectivity index (χ0n) is 12.4. The largest absolute Gasteiger partial charge is 0.444 e. The van der Waals surface area contributed by atoms with Crippen molar-refractivity contribution in [1.29, 1.82) is 0 Å². The summed E-state index contributed by atoms with van der Waals surface area (Å²) in [6, 6.07) is -0.390. The van der Waals surface area contributed by atoms with Crippen LogP contribution >= 0.6 is 0 Å². The number of hydrogen-bond donors (Lipinski definition) is 1. The highest BCUT2D eigenvalue weighted by Crippen LogP contribution is 2.13. The van der Waals surface area contributed by atoms with Crippen LogP contribution < -0.4 is 5.32 Å². The molecular formula is C12H22N4O3. The highest BCUT2D eigenvalue weighted by molar-refractivity contribution is 5.68. The standard InChI is InChI=1S/C12H22N4O3/c1-8(13-11(17)19-12(2,3)4)10-15-14-9(18-10)7-16(5)6/h8H,7H2,1-6H3,(H,13,17)/t8-/m0/s1. The first-order valence-corrected chi connectivity index (χ1v) is 6.14. The van der Waals surface area contributed by atoms with Gasteiger partial charge in [0.15, 0.2) is 0 Å². The first kappa shape index (κ1) is 15.4. The molecule has 0 aliphatic rings. The van der Waals surface area contributed by atoms with Crippen molar-refractivity contribution < 1.29 is 13.9 Å². The van der Waals surface area contributed by atoms with Gasteiger partial charge in [-0.05, 0) is 41.8 Å². The van der Waals surface area contributed by atoms with Crippen LogP contribution in [0.5, 0.6) is 0 Å². The Hall–Kier alpha value is -1.63. The van der Waals surface area contributed by atoms with Crippen molar-refractivity contribution in [3.05, 3.63) is 11.8 Å². The predicted octanol–water partition coefficient (Wildman–Crippen LogP) is 1.72. The van der Waals surface area contributed by atoms with Gasteiger partial charge in [0.25, 0.3) is 0 Å². The van der Waals surface area contributed by atoms with E-state index in [2.05, 4.69) is 15.5 Å². The van der Waals surface area contributed by atoms with Gasteiger partial charge in [-0.1, -0.05) is 0 Å². The fourth-order valence-corrected chi connectivity index (χ4v) is 1.32. The number of aromatic nitrogens is 2. The monoisotopic (exact) mass is 270 g/mol. The molecular weight excluding hydrogens is 248 g/mol. The quantitative estimate of drug-likeness (QED) is 0.897. The van der Waals surface area contributed by atoms with E-state index in [-0.39, 0.29) is 0 Å². The summed E-state index contributed by atoms with van der Waals surface area (Å²) in [5, 5.41) is 10.5. The first-order chi connectivity index (χ1) is 8.67. The molecule has 0 saturated carbocycles. The molecule has 1 aromatic rings. The molecule has 0 saturated heterocycles. The molecule has 1 aromatic heterocycles. The van der Waals surface area contributed by atoms with E-state index in [4.69, 9.17) is 9.15 Å². The van der Waals surface area contributed by atoms with Crippen LogP contribution in [0.15, 0.2) is 4.42 Å². The van der Waals surface area contributed by atoms with Gasteiger partial charge in [-0.3, -0.25) is 0 Å². The van der Waals surface area contributed by atoms with Crippen molar-refractivity contribution in [3.8, 4) is 0 Å². The van der Waals surface area contributed by atoms with Crippen LogP contribution in [-0.2, 0) is 11.3 Å². The fourth-order valence-electron chi connectivity index (χ4n) is 1.32. The molecule has 0 aromatic carbocycles. The van der Waals surface area contributed by atoms with E-state index in [0.717, 1.165) is 0 Å². The maximum atomic E-state index is 11.6. The second kappa shape index (κ2) is 6.01. The number of nitrogens with zero attached hydrogens (tertiary/aromatic N) is 3. The molecule has 1 atom stereocenters. The van der Waals surface area contributed by atoms with E-state index >= 15 is 0 Å². The highest BCUT2D eigenvalue weighted by atomic mass is 16.6. The van der Waals surface area contributed by atoms with Crippen molar-refractivity contribution in [2.75, 3.05) is 14.1 Å². The fraction of sp³-hybridized carbons (Fsp3) is 0.750. The number of carbonyl (C=O) groups is 1. The number of amides is 1. The van der Waals surface area contributed by atoms with E-state index in [0.29, 0.717) is 18.3 Å². The van der Waals surface area contributed by atoms with E-state index in [9.17, 15) is 4.79 Å². The number of nitrogens with one attached hydrogen (secondary N) is 1. The Balaban J connectivity index is 2.56. The SMILES string of the molecule is C[C@H](NC(=O)OC(C)(C)C)c1nnc(CN(C)C)o1. The minimum Gasteiger partial charge on any atom is -0.444 e. The molecule has 7 heteroatoms. The lowest BCUT2D eigenvalue weighted by molar-refractivity contribution is 0.0500. The minimum atomic E-state index is -0.533. The van der Waals surface area contributed by atoms with Crippen LogP contribution in [0.1, 0.15) is 45.5 Å². The predicted molar refractivity (Wildman–Crippen MR) is 69.5 cm³/mol. The Bertz CT molecular complexity index is 423. The summed E-state index contributed by atoms with van der Waals surface area (Å²) in [5.74, 6) is 0.876. The molecule has 1 heterocycles. The summed E-state index contributed by atoms with van der Waals surface area (Å²) in [6.07, 6.45) is -0.507. The lowest BCUT2D eigenvalue weighted by Crippen LogP contribution is -2.34. The second-order valence-electron chi connectivity index (χ2n) is 5.64. The molecule has 0 bridgehead atoms. The van der Waals surface area contributed by atoms with Crippen molar-refractivity contribution in [2.24, 2.45) is 0 Å². The van der Waals surface area contributed by atoms with Gasteiger partial charge in [0, 0.05) is 0 Å². The van der Waals surface area contributed by atoms with Gasteiger partial charge in [-0.15, -0.1) is 10.2 Å². The van der Waals surface area contributed by atoms with E-state index in [1.54, 1.807) is 27.7 Å². The van der Waals surface area contributed by atoms with Crippen molar-refractivity contribution >= 4 is 6.09 Å². The van der Waals surface area contributed by atoms with Gasteiger partial charge in [-0.25, -0.2) is 4.79 Å². The Morgan fingerprint density at radius 3 is 2.58 bits per heavy atom. The summed E-state index contributed by atoms with van der Waals surface area (Å²) >= 11 is 0. The summed E-state index contributed by atoms with van der Waals surface area (Å²) < 4.78 is 10.6. The topological polar surface area (TPSA) is 80.5 Å². The van der Waals surface area contributed by atoms with Crippen molar-refractivity contribution in [1.82, 2.24) is 20.4 Å². The van der Waals surface area contributed by atoms with Gasteiger partial charge >= 0.3 is 6.09 Å². The summed E-state index contributed by atoms with van der Waals surface area (Å²) in [7, 11) is 3.82. The summed E-state index contributed by atoms with van der Waals surface area (Å²) in [5.41, 5.74) is -0.533. The lowest BCUT2D eigenvalue weighted by atomic mass is 10.2. The zero-order valence-corrected chi connectivity index (χ0v) is 12.4. The Kier molecular flexibility index (Phi) is 4.88. The lowest BCUT2D eigenvalue weighted by Gasteiger charge is -2.20. The van der Waals surface area contributed by atoms with Crippen molar-refractivity contribution in [3.63, 3.8) is 0 Å². The number of hydrogen-bond acceptors (Lipinski definition) is 6. The third kappa shape index (κ3) is 5.69. The van der Waals surface area contributed by atoms with Crippen LogP contribution in [0.4, 0.5) is 4.79 Å². The highest BCUT2D eigenvalue weighted by Gasteiger charge is 2.21.